The SMILES string of the molecule is CCCOc1c2ccccc2cc2cc(OC)ccc12. The van der Waals surface area contributed by atoms with Crippen molar-refractivity contribution in [1.29, 1.82) is 0 Å². The minimum Gasteiger partial charge on any atom is -0.497 e. The van der Waals surface area contributed by atoms with Gasteiger partial charge in [0.15, 0.2) is 0 Å². The van der Waals surface area contributed by atoms with Crippen molar-refractivity contribution < 1.29 is 9.47 Å². The third-order valence-electron chi connectivity index (χ3n) is 3.47. The fourth-order valence-corrected chi connectivity index (χ4v) is 2.50. The Labute approximate surface area is 118 Å². The van der Waals surface area contributed by atoms with Gasteiger partial charge in [-0.1, -0.05) is 31.2 Å². The Kier molecular flexibility index (Phi) is 3.46. The van der Waals surface area contributed by atoms with Gasteiger partial charge in [0.1, 0.15) is 11.5 Å². The van der Waals surface area contributed by atoms with E-state index in [1.807, 2.05) is 6.07 Å². The quantitative estimate of drug-likeness (QED) is 0.632. The van der Waals surface area contributed by atoms with Crippen LogP contribution in [0.4, 0.5) is 0 Å². The average Bonchev–Trinajstić information content (AvgIpc) is 2.50. The summed E-state index contributed by atoms with van der Waals surface area (Å²) in [5.41, 5.74) is 0. The predicted octanol–water partition coefficient (Wildman–Crippen LogP) is 4.79. The monoisotopic (exact) mass is 266 g/mol. The number of benzene rings is 3. The van der Waals surface area contributed by atoms with Gasteiger partial charge >= 0.3 is 0 Å². The average molecular weight is 266 g/mol. The molecule has 20 heavy (non-hydrogen) atoms. The summed E-state index contributed by atoms with van der Waals surface area (Å²) < 4.78 is 11.3. The summed E-state index contributed by atoms with van der Waals surface area (Å²) in [4.78, 5) is 0. The first-order chi connectivity index (χ1) is 9.83. The van der Waals surface area contributed by atoms with E-state index in [-0.39, 0.29) is 0 Å². The summed E-state index contributed by atoms with van der Waals surface area (Å²) in [5.74, 6) is 1.84. The highest BCUT2D eigenvalue weighted by Gasteiger charge is 2.09. The van der Waals surface area contributed by atoms with Gasteiger partial charge in [0.2, 0.25) is 0 Å². The highest BCUT2D eigenvalue weighted by Crippen LogP contribution is 2.36. The van der Waals surface area contributed by atoms with Gasteiger partial charge < -0.3 is 9.47 Å². The Hall–Kier alpha value is -2.22. The molecule has 0 amide bonds. The summed E-state index contributed by atoms with van der Waals surface area (Å²) in [6.07, 6.45) is 1.00. The minimum absolute atomic E-state index is 0.731. The molecule has 102 valence electrons. The Bertz CT molecular complexity index is 747. The smallest absolute Gasteiger partial charge is 0.134 e. The van der Waals surface area contributed by atoms with Crippen molar-refractivity contribution in [2.75, 3.05) is 13.7 Å². The second kappa shape index (κ2) is 5.41. The lowest BCUT2D eigenvalue weighted by Crippen LogP contribution is -1.97. The van der Waals surface area contributed by atoms with Gasteiger partial charge in [0.05, 0.1) is 13.7 Å². The van der Waals surface area contributed by atoms with Gasteiger partial charge in [0, 0.05) is 10.8 Å². The fraction of sp³-hybridized carbons (Fsp3) is 0.222. The van der Waals surface area contributed by atoms with Crippen LogP contribution >= 0.6 is 0 Å². The molecule has 3 aromatic rings. The summed E-state index contributed by atoms with van der Waals surface area (Å²) in [6.45, 7) is 2.85. The molecule has 3 rings (SSSR count). The molecule has 0 unspecified atom stereocenters. The van der Waals surface area contributed by atoms with Gasteiger partial charge in [0.25, 0.3) is 0 Å². The summed E-state index contributed by atoms with van der Waals surface area (Å²) in [7, 11) is 1.69. The lowest BCUT2D eigenvalue weighted by atomic mass is 10.0. The fourth-order valence-electron chi connectivity index (χ4n) is 2.50. The zero-order chi connectivity index (χ0) is 13.9. The number of ether oxygens (including phenoxy) is 2. The lowest BCUT2D eigenvalue weighted by Gasteiger charge is -2.13. The van der Waals surface area contributed by atoms with E-state index in [1.54, 1.807) is 7.11 Å². The molecular formula is C18H18O2. The van der Waals surface area contributed by atoms with Crippen molar-refractivity contribution in [2.45, 2.75) is 13.3 Å². The highest BCUT2D eigenvalue weighted by atomic mass is 16.5. The molecule has 0 aliphatic heterocycles. The number of fused-ring (bicyclic) bond motifs is 2. The lowest BCUT2D eigenvalue weighted by molar-refractivity contribution is 0.325. The molecule has 0 atom stereocenters. The van der Waals surface area contributed by atoms with Crippen molar-refractivity contribution in [2.24, 2.45) is 0 Å². The maximum absolute atomic E-state index is 6.01. The standard InChI is InChI=1S/C18H18O2/c1-3-10-20-18-16-7-5-4-6-13(16)11-14-12-15(19-2)8-9-17(14)18/h4-9,11-12H,3,10H2,1-2H3. The molecule has 0 spiro atoms. The van der Waals surface area contributed by atoms with Crippen LogP contribution in [0.2, 0.25) is 0 Å². The van der Waals surface area contributed by atoms with Crippen molar-refractivity contribution in [3.63, 3.8) is 0 Å². The van der Waals surface area contributed by atoms with Crippen molar-refractivity contribution in [1.82, 2.24) is 0 Å². The van der Waals surface area contributed by atoms with E-state index in [4.69, 9.17) is 9.47 Å². The topological polar surface area (TPSA) is 18.5 Å². The van der Waals surface area contributed by atoms with Gasteiger partial charge in [-0.05, 0) is 41.5 Å². The van der Waals surface area contributed by atoms with E-state index in [9.17, 15) is 0 Å². The van der Waals surface area contributed by atoms with Crippen molar-refractivity contribution in [3.8, 4) is 11.5 Å². The third-order valence-corrected chi connectivity index (χ3v) is 3.47. The van der Waals surface area contributed by atoms with Gasteiger partial charge in [-0.3, -0.25) is 0 Å². The molecule has 0 aromatic heterocycles. The zero-order valence-electron chi connectivity index (χ0n) is 11.8. The molecule has 0 fully saturated rings. The van der Waals surface area contributed by atoms with E-state index in [1.165, 1.54) is 10.8 Å². The second-order valence-corrected chi connectivity index (χ2v) is 4.86. The van der Waals surface area contributed by atoms with Gasteiger partial charge in [-0.15, -0.1) is 0 Å². The Morgan fingerprint density at radius 3 is 2.50 bits per heavy atom. The van der Waals surface area contributed by atoms with E-state index in [2.05, 4.69) is 49.4 Å². The largest absolute Gasteiger partial charge is 0.497 e. The predicted molar refractivity (Wildman–Crippen MR) is 83.8 cm³/mol. The van der Waals surface area contributed by atoms with E-state index in [0.717, 1.165) is 35.3 Å². The van der Waals surface area contributed by atoms with Crippen LogP contribution in [-0.2, 0) is 0 Å². The van der Waals surface area contributed by atoms with Crippen molar-refractivity contribution in [3.05, 3.63) is 48.5 Å². The first-order valence-corrected chi connectivity index (χ1v) is 6.96. The number of hydrogen-bond acceptors (Lipinski definition) is 2. The highest BCUT2D eigenvalue weighted by molar-refractivity contribution is 6.05. The van der Waals surface area contributed by atoms with Gasteiger partial charge in [-0.2, -0.15) is 0 Å². The van der Waals surface area contributed by atoms with Crippen LogP contribution in [-0.4, -0.2) is 13.7 Å². The molecule has 0 N–H and O–H groups in total. The van der Waals surface area contributed by atoms with Gasteiger partial charge in [-0.25, -0.2) is 0 Å². The van der Waals surface area contributed by atoms with Crippen molar-refractivity contribution >= 4 is 21.5 Å². The minimum atomic E-state index is 0.731. The maximum atomic E-state index is 6.01. The van der Waals surface area contributed by atoms with E-state index in [0.29, 0.717) is 0 Å². The van der Waals surface area contributed by atoms with Crippen LogP contribution in [0.25, 0.3) is 21.5 Å². The molecule has 0 saturated carbocycles. The maximum Gasteiger partial charge on any atom is 0.134 e. The Morgan fingerprint density at radius 2 is 1.70 bits per heavy atom. The third kappa shape index (κ3) is 2.18. The molecule has 0 aliphatic carbocycles. The van der Waals surface area contributed by atoms with Crippen LogP contribution in [0.15, 0.2) is 48.5 Å². The zero-order valence-corrected chi connectivity index (χ0v) is 11.8. The molecule has 0 radical (unpaired) electrons. The van der Waals surface area contributed by atoms with E-state index < -0.39 is 0 Å². The van der Waals surface area contributed by atoms with E-state index >= 15 is 0 Å². The summed E-state index contributed by atoms with van der Waals surface area (Å²) >= 11 is 0. The number of hydrogen-bond donors (Lipinski definition) is 0. The molecule has 0 bridgehead atoms. The molecule has 2 heteroatoms. The summed E-state index contributed by atoms with van der Waals surface area (Å²) in [5, 5.41) is 4.64. The van der Waals surface area contributed by atoms with Crippen LogP contribution in [0, 0.1) is 0 Å². The molecule has 2 nitrogen and oxygen atoms in total. The second-order valence-electron chi connectivity index (χ2n) is 4.86. The molecular weight excluding hydrogens is 248 g/mol. The van der Waals surface area contributed by atoms with Crippen LogP contribution in [0.1, 0.15) is 13.3 Å². The summed E-state index contributed by atoms with van der Waals surface area (Å²) in [6, 6.07) is 16.6. The Morgan fingerprint density at radius 1 is 0.900 bits per heavy atom. The normalized spacial score (nSPS) is 10.9. The first kappa shape index (κ1) is 12.8. The molecule has 3 aromatic carbocycles. The number of methoxy groups -OCH3 is 1. The van der Waals surface area contributed by atoms with Crippen LogP contribution < -0.4 is 9.47 Å². The van der Waals surface area contributed by atoms with Crippen LogP contribution in [0.3, 0.4) is 0 Å². The first-order valence-electron chi connectivity index (χ1n) is 6.96. The Balaban J connectivity index is 2.31. The molecule has 0 saturated heterocycles. The van der Waals surface area contributed by atoms with Crippen LogP contribution in [0.5, 0.6) is 11.5 Å². The molecule has 0 aliphatic rings. The number of rotatable bonds is 4. The molecule has 0 heterocycles.